The molecule has 0 radical (unpaired) electrons. The summed E-state index contributed by atoms with van der Waals surface area (Å²) in [6, 6.07) is 2.16. The van der Waals surface area contributed by atoms with E-state index >= 15 is 0 Å². The van der Waals surface area contributed by atoms with Crippen molar-refractivity contribution in [3.8, 4) is 0 Å². The topological polar surface area (TPSA) is 44.1 Å². The highest BCUT2D eigenvalue weighted by atomic mass is 16.6. The number of hydrogen-bond donors (Lipinski definition) is 0. The Morgan fingerprint density at radius 2 is 2.26 bits per heavy atom. The van der Waals surface area contributed by atoms with Crippen LogP contribution in [0.1, 0.15) is 50.6 Å². The van der Waals surface area contributed by atoms with Crippen molar-refractivity contribution < 1.29 is 9.53 Å². The fourth-order valence-corrected chi connectivity index (χ4v) is 2.91. The van der Waals surface area contributed by atoms with E-state index in [9.17, 15) is 4.79 Å². The maximum absolute atomic E-state index is 11.2. The van der Waals surface area contributed by atoms with Crippen LogP contribution in [-0.2, 0) is 16.0 Å². The van der Waals surface area contributed by atoms with Crippen molar-refractivity contribution in [2.45, 2.75) is 45.8 Å². The third-order valence-corrected chi connectivity index (χ3v) is 3.71. The third kappa shape index (κ3) is 1.91. The van der Waals surface area contributed by atoms with E-state index in [1.165, 1.54) is 23.7 Å². The Bertz CT molecular complexity index is 643. The first kappa shape index (κ1) is 12.2. The fraction of sp³-hybridized carbons (Fsp3) is 0.467. The SMILES string of the molecule is CC(=O)OC1CCc2cc3cncc(C(C)C)c3n21. The molecule has 2 aromatic heterocycles. The second-order valence-corrected chi connectivity index (χ2v) is 5.43. The summed E-state index contributed by atoms with van der Waals surface area (Å²) >= 11 is 0. The van der Waals surface area contributed by atoms with Crippen molar-refractivity contribution in [2.24, 2.45) is 0 Å². The number of nitrogens with zero attached hydrogens (tertiary/aromatic N) is 2. The van der Waals surface area contributed by atoms with Gasteiger partial charge in [-0.05, 0) is 24.0 Å². The average molecular weight is 258 g/mol. The Labute approximate surface area is 112 Å². The molecule has 0 N–H and O–H groups in total. The summed E-state index contributed by atoms with van der Waals surface area (Å²) in [7, 11) is 0. The molecule has 1 unspecified atom stereocenters. The van der Waals surface area contributed by atoms with Crippen LogP contribution in [0, 0.1) is 0 Å². The van der Waals surface area contributed by atoms with Crippen LogP contribution in [0.2, 0.25) is 0 Å². The summed E-state index contributed by atoms with van der Waals surface area (Å²) in [5.41, 5.74) is 3.61. The Balaban J connectivity index is 2.20. The minimum absolute atomic E-state index is 0.162. The van der Waals surface area contributed by atoms with Crippen molar-refractivity contribution in [3.05, 3.63) is 29.7 Å². The molecule has 0 saturated carbocycles. The second kappa shape index (κ2) is 4.37. The standard InChI is InChI=1S/C15H18N2O2/c1-9(2)13-8-16-7-11-6-12-4-5-14(19-10(3)18)17(12)15(11)13/h6-9,14H,4-5H2,1-3H3. The van der Waals surface area contributed by atoms with Gasteiger partial charge in [-0.1, -0.05) is 13.8 Å². The van der Waals surface area contributed by atoms with Gasteiger partial charge >= 0.3 is 5.97 Å². The van der Waals surface area contributed by atoms with Gasteiger partial charge in [-0.25, -0.2) is 0 Å². The molecule has 19 heavy (non-hydrogen) atoms. The highest BCUT2D eigenvalue weighted by Crippen LogP contribution is 2.36. The summed E-state index contributed by atoms with van der Waals surface area (Å²) in [5, 5.41) is 1.14. The third-order valence-electron chi connectivity index (χ3n) is 3.71. The van der Waals surface area contributed by atoms with E-state index < -0.39 is 0 Å². The number of carbonyl (C=O) groups is 1. The molecule has 1 atom stereocenters. The number of carbonyl (C=O) groups excluding carboxylic acids is 1. The molecule has 0 saturated heterocycles. The lowest BCUT2D eigenvalue weighted by atomic mass is 10.0. The predicted molar refractivity (Wildman–Crippen MR) is 72.9 cm³/mol. The molecule has 0 fully saturated rings. The Hall–Kier alpha value is -1.84. The molecule has 1 aliphatic rings. The van der Waals surface area contributed by atoms with Crippen LogP contribution in [0.15, 0.2) is 18.5 Å². The van der Waals surface area contributed by atoms with Gasteiger partial charge < -0.3 is 9.30 Å². The van der Waals surface area contributed by atoms with Crippen LogP contribution in [-0.4, -0.2) is 15.5 Å². The maximum Gasteiger partial charge on any atom is 0.304 e. The van der Waals surface area contributed by atoms with Gasteiger partial charge in [-0.15, -0.1) is 0 Å². The van der Waals surface area contributed by atoms with Crippen molar-refractivity contribution in [1.29, 1.82) is 0 Å². The Morgan fingerprint density at radius 3 is 2.95 bits per heavy atom. The summed E-state index contributed by atoms with van der Waals surface area (Å²) in [6.07, 6.45) is 5.46. The molecule has 0 amide bonds. The molecule has 3 heterocycles. The number of rotatable bonds is 2. The van der Waals surface area contributed by atoms with Gasteiger partial charge in [-0.2, -0.15) is 0 Å². The summed E-state index contributed by atoms with van der Waals surface area (Å²) in [5.74, 6) is 0.175. The average Bonchev–Trinajstić information content (AvgIpc) is 2.87. The van der Waals surface area contributed by atoms with Gasteiger partial charge in [0.1, 0.15) is 0 Å². The van der Waals surface area contributed by atoms with Gasteiger partial charge in [0.2, 0.25) is 0 Å². The molecule has 4 nitrogen and oxygen atoms in total. The van der Waals surface area contributed by atoms with Gasteiger partial charge in [0.25, 0.3) is 0 Å². The number of esters is 1. The van der Waals surface area contributed by atoms with Crippen molar-refractivity contribution in [1.82, 2.24) is 9.55 Å². The molecule has 1 aliphatic heterocycles. The van der Waals surface area contributed by atoms with Crippen LogP contribution < -0.4 is 0 Å². The zero-order valence-corrected chi connectivity index (χ0v) is 11.5. The normalized spacial score (nSPS) is 18.0. The fourth-order valence-electron chi connectivity index (χ4n) is 2.91. The largest absolute Gasteiger partial charge is 0.441 e. The van der Waals surface area contributed by atoms with Crippen LogP contribution in [0.5, 0.6) is 0 Å². The summed E-state index contributed by atoms with van der Waals surface area (Å²) in [4.78, 5) is 15.6. The van der Waals surface area contributed by atoms with Crippen LogP contribution in [0.3, 0.4) is 0 Å². The highest BCUT2D eigenvalue weighted by molar-refractivity contribution is 5.84. The smallest absolute Gasteiger partial charge is 0.304 e. The van der Waals surface area contributed by atoms with Crippen molar-refractivity contribution >= 4 is 16.9 Å². The number of fused-ring (bicyclic) bond motifs is 3. The van der Waals surface area contributed by atoms with Crippen molar-refractivity contribution in [2.75, 3.05) is 0 Å². The molecular formula is C15H18N2O2. The molecule has 2 aromatic rings. The quantitative estimate of drug-likeness (QED) is 0.777. The monoisotopic (exact) mass is 258 g/mol. The first-order valence-corrected chi connectivity index (χ1v) is 6.73. The molecule has 3 rings (SSSR count). The minimum Gasteiger partial charge on any atom is -0.441 e. The molecule has 4 heteroatoms. The molecule has 0 spiro atoms. The predicted octanol–water partition coefficient (Wildman–Crippen LogP) is 3.17. The van der Waals surface area contributed by atoms with E-state index in [1.807, 2.05) is 12.4 Å². The zero-order chi connectivity index (χ0) is 13.6. The Kier molecular flexibility index (Phi) is 2.81. The van der Waals surface area contributed by atoms with E-state index in [-0.39, 0.29) is 12.2 Å². The Morgan fingerprint density at radius 1 is 1.47 bits per heavy atom. The maximum atomic E-state index is 11.2. The lowest BCUT2D eigenvalue weighted by molar-refractivity contribution is -0.150. The van der Waals surface area contributed by atoms with E-state index in [0.717, 1.165) is 18.2 Å². The first-order chi connectivity index (χ1) is 9.08. The van der Waals surface area contributed by atoms with Crippen LogP contribution >= 0.6 is 0 Å². The first-order valence-electron chi connectivity index (χ1n) is 6.73. The second-order valence-electron chi connectivity index (χ2n) is 5.43. The van der Waals surface area contributed by atoms with Gasteiger partial charge in [0, 0.05) is 36.8 Å². The molecule has 0 aromatic carbocycles. The van der Waals surface area contributed by atoms with E-state index in [1.54, 1.807) is 0 Å². The molecule has 100 valence electrons. The number of aromatic nitrogens is 2. The number of aryl methyl sites for hydroxylation is 1. The molecule has 0 bridgehead atoms. The van der Waals surface area contributed by atoms with Crippen LogP contribution in [0.25, 0.3) is 10.9 Å². The van der Waals surface area contributed by atoms with Gasteiger partial charge in [0.15, 0.2) is 6.23 Å². The van der Waals surface area contributed by atoms with E-state index in [2.05, 4.69) is 29.5 Å². The zero-order valence-electron chi connectivity index (χ0n) is 11.5. The van der Waals surface area contributed by atoms with Gasteiger partial charge in [0.05, 0.1) is 5.52 Å². The number of ether oxygens (including phenoxy) is 1. The minimum atomic E-state index is -0.222. The lowest BCUT2D eigenvalue weighted by Crippen LogP contribution is -2.12. The number of hydrogen-bond acceptors (Lipinski definition) is 3. The van der Waals surface area contributed by atoms with E-state index in [0.29, 0.717) is 5.92 Å². The molecular weight excluding hydrogens is 240 g/mol. The number of pyridine rings is 1. The van der Waals surface area contributed by atoms with E-state index in [4.69, 9.17) is 4.74 Å². The summed E-state index contributed by atoms with van der Waals surface area (Å²) in [6.45, 7) is 5.78. The molecule has 0 aliphatic carbocycles. The highest BCUT2D eigenvalue weighted by Gasteiger charge is 2.28. The van der Waals surface area contributed by atoms with Crippen LogP contribution in [0.4, 0.5) is 0 Å². The van der Waals surface area contributed by atoms with Crippen molar-refractivity contribution in [3.63, 3.8) is 0 Å². The van der Waals surface area contributed by atoms with Gasteiger partial charge in [-0.3, -0.25) is 9.78 Å². The summed E-state index contributed by atoms with van der Waals surface area (Å²) < 4.78 is 7.62. The lowest BCUT2D eigenvalue weighted by Gasteiger charge is -2.17.